The quantitative estimate of drug-likeness (QED) is 0.456. The molecule has 0 heterocycles. The first-order valence-electron chi connectivity index (χ1n) is 3.19. The molecule has 0 aliphatic rings. The number of non-ortho nitro benzene ring substituents is 1. The Kier molecular flexibility index (Phi) is 2.94. The molecule has 12 heavy (non-hydrogen) atoms. The molecular formula is C7H6ClNO2S. The van der Waals surface area contributed by atoms with Gasteiger partial charge in [-0.15, -0.1) is 0 Å². The SMILES string of the molecule is O=[N+]([O-])c1ccc(Cl)c(CS)c1. The van der Waals surface area contributed by atoms with Crippen molar-refractivity contribution < 1.29 is 4.92 Å². The number of nitro benzene ring substituents is 1. The van der Waals surface area contributed by atoms with Gasteiger partial charge in [-0.05, 0) is 11.6 Å². The second-order valence-corrected chi connectivity index (χ2v) is 2.91. The topological polar surface area (TPSA) is 43.1 Å². The fourth-order valence-corrected chi connectivity index (χ4v) is 1.34. The van der Waals surface area contributed by atoms with Gasteiger partial charge >= 0.3 is 0 Å². The Labute approximate surface area is 79.9 Å². The third-order valence-electron chi connectivity index (χ3n) is 1.41. The highest BCUT2D eigenvalue weighted by Gasteiger charge is 2.07. The maximum Gasteiger partial charge on any atom is 0.269 e. The number of thiol groups is 1. The van der Waals surface area contributed by atoms with Crippen LogP contribution in [0.15, 0.2) is 18.2 Å². The van der Waals surface area contributed by atoms with E-state index in [0.717, 1.165) is 0 Å². The van der Waals surface area contributed by atoms with E-state index in [0.29, 0.717) is 16.3 Å². The van der Waals surface area contributed by atoms with Crippen LogP contribution < -0.4 is 0 Å². The number of nitrogens with zero attached hydrogens (tertiary/aromatic N) is 1. The zero-order valence-electron chi connectivity index (χ0n) is 6.03. The molecule has 0 radical (unpaired) electrons. The van der Waals surface area contributed by atoms with Crippen molar-refractivity contribution in [2.75, 3.05) is 0 Å². The Morgan fingerprint density at radius 3 is 2.75 bits per heavy atom. The van der Waals surface area contributed by atoms with Crippen LogP contribution in [0.2, 0.25) is 5.02 Å². The lowest BCUT2D eigenvalue weighted by Crippen LogP contribution is -1.89. The van der Waals surface area contributed by atoms with Crippen molar-refractivity contribution in [1.29, 1.82) is 0 Å². The Hall–Kier alpha value is -0.740. The Bertz CT molecular complexity index is 316. The molecule has 64 valence electrons. The van der Waals surface area contributed by atoms with Gasteiger partial charge in [-0.25, -0.2) is 0 Å². The van der Waals surface area contributed by atoms with Crippen LogP contribution in [0.3, 0.4) is 0 Å². The molecule has 0 aromatic heterocycles. The normalized spacial score (nSPS) is 9.83. The molecule has 5 heteroatoms. The van der Waals surface area contributed by atoms with Gasteiger partial charge in [-0.1, -0.05) is 11.6 Å². The van der Waals surface area contributed by atoms with Gasteiger partial charge in [0, 0.05) is 22.9 Å². The van der Waals surface area contributed by atoms with E-state index in [9.17, 15) is 10.1 Å². The molecule has 0 spiro atoms. The van der Waals surface area contributed by atoms with Crippen molar-refractivity contribution in [1.82, 2.24) is 0 Å². The smallest absolute Gasteiger partial charge is 0.258 e. The monoisotopic (exact) mass is 203 g/mol. The van der Waals surface area contributed by atoms with Crippen LogP contribution in [0, 0.1) is 10.1 Å². The third kappa shape index (κ3) is 1.89. The summed E-state index contributed by atoms with van der Waals surface area (Å²) in [5.41, 5.74) is 0.720. The molecule has 3 nitrogen and oxygen atoms in total. The average molecular weight is 204 g/mol. The van der Waals surface area contributed by atoms with Gasteiger partial charge in [0.15, 0.2) is 0 Å². The molecule has 0 bridgehead atoms. The van der Waals surface area contributed by atoms with Crippen LogP contribution >= 0.6 is 24.2 Å². The lowest BCUT2D eigenvalue weighted by molar-refractivity contribution is -0.384. The minimum absolute atomic E-state index is 0.0449. The predicted octanol–water partition coefficient (Wildman–Crippen LogP) is 2.68. The van der Waals surface area contributed by atoms with Crippen molar-refractivity contribution in [3.8, 4) is 0 Å². The minimum Gasteiger partial charge on any atom is -0.258 e. The van der Waals surface area contributed by atoms with Gasteiger partial charge in [0.1, 0.15) is 0 Å². The van der Waals surface area contributed by atoms with E-state index in [1.165, 1.54) is 18.2 Å². The number of halogens is 1. The van der Waals surface area contributed by atoms with Crippen LogP contribution in [-0.4, -0.2) is 4.92 Å². The minimum atomic E-state index is -0.455. The molecule has 0 fully saturated rings. The van der Waals surface area contributed by atoms with E-state index in [-0.39, 0.29) is 5.69 Å². The summed E-state index contributed by atoms with van der Waals surface area (Å²) in [6.45, 7) is 0. The van der Waals surface area contributed by atoms with E-state index >= 15 is 0 Å². The van der Waals surface area contributed by atoms with E-state index in [1.807, 2.05) is 0 Å². The van der Waals surface area contributed by atoms with Crippen molar-refractivity contribution >= 4 is 29.9 Å². The molecule has 1 aromatic rings. The molecule has 0 aliphatic carbocycles. The summed E-state index contributed by atoms with van der Waals surface area (Å²) in [6, 6.07) is 4.30. The average Bonchev–Trinajstić information content (AvgIpc) is 2.05. The van der Waals surface area contributed by atoms with Gasteiger partial charge in [0.25, 0.3) is 5.69 Å². The Balaban J connectivity index is 3.13. The van der Waals surface area contributed by atoms with Gasteiger partial charge < -0.3 is 0 Å². The molecule has 0 saturated heterocycles. The summed E-state index contributed by atoms with van der Waals surface area (Å²) in [5, 5.41) is 10.8. The number of benzene rings is 1. The first kappa shape index (κ1) is 9.35. The Morgan fingerprint density at radius 2 is 2.25 bits per heavy atom. The molecule has 0 saturated carbocycles. The van der Waals surface area contributed by atoms with Gasteiger partial charge in [-0.3, -0.25) is 10.1 Å². The zero-order chi connectivity index (χ0) is 9.14. The van der Waals surface area contributed by atoms with E-state index in [1.54, 1.807) is 0 Å². The van der Waals surface area contributed by atoms with Crippen LogP contribution in [0.1, 0.15) is 5.56 Å². The fourth-order valence-electron chi connectivity index (χ4n) is 0.796. The highest BCUT2D eigenvalue weighted by molar-refractivity contribution is 7.79. The summed E-state index contributed by atoms with van der Waals surface area (Å²) in [7, 11) is 0. The second kappa shape index (κ2) is 3.78. The highest BCUT2D eigenvalue weighted by atomic mass is 35.5. The summed E-state index contributed by atoms with van der Waals surface area (Å²) < 4.78 is 0. The van der Waals surface area contributed by atoms with Crippen LogP contribution in [0.4, 0.5) is 5.69 Å². The van der Waals surface area contributed by atoms with Gasteiger partial charge in [-0.2, -0.15) is 12.6 Å². The summed E-state index contributed by atoms with van der Waals surface area (Å²) >= 11 is 9.72. The number of nitro groups is 1. The molecule has 0 aliphatic heterocycles. The van der Waals surface area contributed by atoms with Crippen LogP contribution in [-0.2, 0) is 5.75 Å². The largest absolute Gasteiger partial charge is 0.269 e. The van der Waals surface area contributed by atoms with Crippen LogP contribution in [0.25, 0.3) is 0 Å². The standard InChI is InChI=1S/C7H6ClNO2S/c8-7-2-1-6(9(10)11)3-5(7)4-12/h1-3,12H,4H2. The summed E-state index contributed by atoms with van der Waals surface area (Å²) in [5.74, 6) is 0.403. The third-order valence-corrected chi connectivity index (χ3v) is 2.12. The molecule has 0 N–H and O–H groups in total. The predicted molar refractivity (Wildman–Crippen MR) is 50.8 cm³/mol. The number of rotatable bonds is 2. The molecule has 0 atom stereocenters. The fraction of sp³-hybridized carbons (Fsp3) is 0.143. The maximum atomic E-state index is 10.3. The number of hydrogen-bond acceptors (Lipinski definition) is 3. The van der Waals surface area contributed by atoms with Gasteiger partial charge in [0.2, 0.25) is 0 Å². The van der Waals surface area contributed by atoms with Crippen LogP contribution in [0.5, 0.6) is 0 Å². The highest BCUT2D eigenvalue weighted by Crippen LogP contribution is 2.22. The molecule has 0 unspecified atom stereocenters. The lowest BCUT2D eigenvalue weighted by Gasteiger charge is -1.98. The van der Waals surface area contributed by atoms with Crippen molar-refractivity contribution in [2.45, 2.75) is 5.75 Å². The van der Waals surface area contributed by atoms with E-state index in [2.05, 4.69) is 12.6 Å². The molecule has 1 rings (SSSR count). The van der Waals surface area contributed by atoms with E-state index in [4.69, 9.17) is 11.6 Å². The second-order valence-electron chi connectivity index (χ2n) is 2.19. The molecular weight excluding hydrogens is 198 g/mol. The van der Waals surface area contributed by atoms with Crippen molar-refractivity contribution in [2.24, 2.45) is 0 Å². The van der Waals surface area contributed by atoms with Crippen molar-refractivity contribution in [3.63, 3.8) is 0 Å². The Morgan fingerprint density at radius 1 is 1.58 bits per heavy atom. The molecule has 1 aromatic carbocycles. The maximum absolute atomic E-state index is 10.3. The number of hydrogen-bond donors (Lipinski definition) is 1. The first-order valence-corrected chi connectivity index (χ1v) is 4.20. The van der Waals surface area contributed by atoms with Gasteiger partial charge in [0.05, 0.1) is 4.92 Å². The molecule has 0 amide bonds. The van der Waals surface area contributed by atoms with E-state index < -0.39 is 4.92 Å². The summed E-state index contributed by atoms with van der Waals surface area (Å²) in [6.07, 6.45) is 0. The lowest BCUT2D eigenvalue weighted by atomic mass is 10.2. The zero-order valence-corrected chi connectivity index (χ0v) is 7.68. The first-order chi connectivity index (χ1) is 5.65. The summed E-state index contributed by atoms with van der Waals surface area (Å²) in [4.78, 5) is 9.86. The van der Waals surface area contributed by atoms with Crippen molar-refractivity contribution in [3.05, 3.63) is 38.9 Å².